The zero-order valence-electron chi connectivity index (χ0n) is 40.4. The topological polar surface area (TPSA) is 8.17 Å². The molecule has 15 rings (SSSR count). The first kappa shape index (κ1) is 42.4. The van der Waals surface area contributed by atoms with E-state index in [1.54, 1.807) is 0 Å². The molecule has 0 unspecified atom stereocenters. The van der Waals surface area contributed by atoms with Gasteiger partial charge in [0.2, 0.25) is 0 Å². The quantitative estimate of drug-likeness (QED) is 0.147. The fourth-order valence-corrected chi connectivity index (χ4v) is 13.9. The van der Waals surface area contributed by atoms with Gasteiger partial charge in [0.05, 0.1) is 27.8 Å². The molecule has 0 spiro atoms. The number of aromatic nitrogens is 1. The van der Waals surface area contributed by atoms with Crippen molar-refractivity contribution in [3.05, 3.63) is 301 Å². The second-order valence-electron chi connectivity index (χ2n) is 19.5. The highest BCUT2D eigenvalue weighted by Gasteiger charge is 2.47. The molecule has 0 bridgehead atoms. The molecule has 346 valence electrons. The predicted octanol–water partition coefficient (Wildman–Crippen LogP) is 19.5. The molecule has 74 heavy (non-hydrogen) atoms. The molecule has 0 N–H and O–H groups in total. The van der Waals surface area contributed by atoms with Crippen LogP contribution in [0.3, 0.4) is 0 Å². The van der Waals surface area contributed by atoms with Crippen molar-refractivity contribution < 1.29 is 0 Å². The number of hydrogen-bond donors (Lipinski definition) is 0. The standard InChI is InChI=1S/C71H46N2S/c1-3-20-50(21-4-1)71(51-22-5-2-6-23-51)62-31-13-9-28-61(62)68-63(71)32-18-36-67(68)72(53-44-39-49(40-45-53)56-29-17-30-59-60-46-41-47-19-7-8-25-55(47)70(60)74-69(56)59)52-42-37-48(38-43-52)54-24-10-14-33-64(54)73-65-34-15-11-26-57(65)58-27-12-16-35-66(58)73/h1-46H. The third-order valence-corrected chi connectivity index (χ3v) is 17.0. The summed E-state index contributed by atoms with van der Waals surface area (Å²) in [5, 5.41) is 7.71. The Morgan fingerprint density at radius 1 is 0.324 bits per heavy atom. The maximum absolute atomic E-state index is 2.49. The molecule has 2 aromatic heterocycles. The normalized spacial score (nSPS) is 12.7. The summed E-state index contributed by atoms with van der Waals surface area (Å²) in [6.45, 7) is 0. The predicted molar refractivity (Wildman–Crippen MR) is 314 cm³/mol. The monoisotopic (exact) mass is 958 g/mol. The lowest BCUT2D eigenvalue weighted by atomic mass is 9.68. The maximum Gasteiger partial charge on any atom is 0.0714 e. The van der Waals surface area contributed by atoms with Gasteiger partial charge < -0.3 is 9.47 Å². The Morgan fingerprint density at radius 3 is 1.51 bits per heavy atom. The van der Waals surface area contributed by atoms with Crippen LogP contribution in [0, 0.1) is 0 Å². The number of para-hydroxylation sites is 3. The van der Waals surface area contributed by atoms with Crippen molar-refractivity contribution in [3.8, 4) is 39.1 Å². The van der Waals surface area contributed by atoms with Crippen molar-refractivity contribution in [2.45, 2.75) is 5.41 Å². The third-order valence-electron chi connectivity index (χ3n) is 15.7. The van der Waals surface area contributed by atoms with Gasteiger partial charge in [-0.05, 0) is 104 Å². The van der Waals surface area contributed by atoms with E-state index < -0.39 is 5.41 Å². The molecule has 0 radical (unpaired) electrons. The summed E-state index contributed by atoms with van der Waals surface area (Å²) in [5.74, 6) is 0. The molecule has 3 heteroatoms. The van der Waals surface area contributed by atoms with Crippen LogP contribution in [-0.2, 0) is 5.41 Å². The van der Waals surface area contributed by atoms with E-state index in [1.165, 1.54) is 103 Å². The largest absolute Gasteiger partial charge is 0.310 e. The van der Waals surface area contributed by atoms with E-state index in [0.717, 1.165) is 28.3 Å². The van der Waals surface area contributed by atoms with Crippen LogP contribution in [-0.4, -0.2) is 4.57 Å². The highest BCUT2D eigenvalue weighted by atomic mass is 32.1. The molecule has 14 aromatic rings. The van der Waals surface area contributed by atoms with Gasteiger partial charge in [-0.25, -0.2) is 0 Å². The number of nitrogens with zero attached hydrogens (tertiary/aromatic N) is 2. The minimum atomic E-state index is -0.533. The van der Waals surface area contributed by atoms with Crippen molar-refractivity contribution in [3.63, 3.8) is 0 Å². The zero-order chi connectivity index (χ0) is 48.7. The highest BCUT2D eigenvalue weighted by Crippen LogP contribution is 2.59. The molecule has 0 saturated carbocycles. The Bertz CT molecular complexity index is 4380. The van der Waals surface area contributed by atoms with Crippen LogP contribution in [0.1, 0.15) is 22.3 Å². The average molecular weight is 959 g/mol. The molecule has 0 aliphatic heterocycles. The molecule has 0 fully saturated rings. The van der Waals surface area contributed by atoms with Crippen molar-refractivity contribution in [1.29, 1.82) is 0 Å². The Hall–Kier alpha value is -9.28. The van der Waals surface area contributed by atoms with Gasteiger partial charge in [0, 0.05) is 53.4 Å². The minimum absolute atomic E-state index is 0.533. The summed E-state index contributed by atoms with van der Waals surface area (Å²) in [5.41, 5.74) is 18.6. The van der Waals surface area contributed by atoms with Crippen molar-refractivity contribution in [2.75, 3.05) is 4.90 Å². The molecule has 2 nitrogen and oxygen atoms in total. The number of benzene rings is 12. The van der Waals surface area contributed by atoms with E-state index in [-0.39, 0.29) is 0 Å². The van der Waals surface area contributed by atoms with Gasteiger partial charge >= 0.3 is 0 Å². The molecule has 2 heterocycles. The van der Waals surface area contributed by atoms with Gasteiger partial charge in [0.25, 0.3) is 0 Å². The highest BCUT2D eigenvalue weighted by molar-refractivity contribution is 7.27. The molecule has 0 amide bonds. The molecule has 12 aromatic carbocycles. The van der Waals surface area contributed by atoms with Crippen molar-refractivity contribution in [2.24, 2.45) is 0 Å². The summed E-state index contributed by atoms with van der Waals surface area (Å²) < 4.78 is 5.09. The molecule has 0 atom stereocenters. The second-order valence-corrected chi connectivity index (χ2v) is 20.5. The Balaban J connectivity index is 0.923. The molecular formula is C71H46N2S. The van der Waals surface area contributed by atoms with Crippen LogP contribution in [0.15, 0.2) is 279 Å². The minimum Gasteiger partial charge on any atom is -0.310 e. The lowest BCUT2D eigenvalue weighted by Crippen LogP contribution is -2.28. The van der Waals surface area contributed by atoms with Crippen LogP contribution in [0.25, 0.3) is 91.8 Å². The lowest BCUT2D eigenvalue weighted by molar-refractivity contribution is 0.768. The summed E-state index contributed by atoms with van der Waals surface area (Å²) >= 11 is 1.91. The first-order valence-electron chi connectivity index (χ1n) is 25.5. The fraction of sp³-hybridized carbons (Fsp3) is 0.0141. The van der Waals surface area contributed by atoms with E-state index in [1.807, 2.05) is 11.3 Å². The van der Waals surface area contributed by atoms with Gasteiger partial charge in [-0.3, -0.25) is 0 Å². The van der Waals surface area contributed by atoms with E-state index in [0.29, 0.717) is 0 Å². The fourth-order valence-electron chi connectivity index (χ4n) is 12.5. The maximum atomic E-state index is 2.49. The van der Waals surface area contributed by atoms with E-state index in [9.17, 15) is 0 Å². The number of hydrogen-bond acceptors (Lipinski definition) is 2. The average Bonchev–Trinajstić information content (AvgIpc) is 4.13. The van der Waals surface area contributed by atoms with Crippen molar-refractivity contribution in [1.82, 2.24) is 4.57 Å². The van der Waals surface area contributed by atoms with E-state index in [4.69, 9.17) is 0 Å². The summed E-state index contributed by atoms with van der Waals surface area (Å²) in [6.07, 6.45) is 0. The van der Waals surface area contributed by atoms with E-state index in [2.05, 4.69) is 289 Å². The molecular weight excluding hydrogens is 913 g/mol. The second kappa shape index (κ2) is 16.9. The summed E-state index contributed by atoms with van der Waals surface area (Å²) in [4.78, 5) is 2.49. The summed E-state index contributed by atoms with van der Waals surface area (Å²) in [7, 11) is 0. The SMILES string of the molecule is c1ccc(C2(c3ccccc3)c3ccccc3-c3c(N(c4ccc(-c5ccccc5-n5c6ccccc6c6ccccc65)cc4)c4ccc(-c5cccc6c5sc5c7ccccc7ccc65)cc4)cccc32)cc1. The number of anilines is 3. The first-order chi connectivity index (χ1) is 36.7. The number of fused-ring (bicyclic) bond motifs is 11. The van der Waals surface area contributed by atoms with Gasteiger partial charge in [-0.1, -0.05) is 231 Å². The smallest absolute Gasteiger partial charge is 0.0714 e. The van der Waals surface area contributed by atoms with Crippen molar-refractivity contribution >= 4 is 81.1 Å². The van der Waals surface area contributed by atoms with Crippen LogP contribution in [0.2, 0.25) is 0 Å². The van der Waals surface area contributed by atoms with Gasteiger partial charge in [-0.2, -0.15) is 0 Å². The lowest BCUT2D eigenvalue weighted by Gasteiger charge is -2.34. The molecule has 0 saturated heterocycles. The van der Waals surface area contributed by atoms with Crippen LogP contribution in [0.5, 0.6) is 0 Å². The van der Waals surface area contributed by atoms with Crippen LogP contribution in [0.4, 0.5) is 17.1 Å². The molecule has 1 aliphatic rings. The summed E-state index contributed by atoms with van der Waals surface area (Å²) in [6, 6.07) is 103. The van der Waals surface area contributed by atoms with E-state index >= 15 is 0 Å². The number of thiophene rings is 1. The third kappa shape index (κ3) is 6.30. The van der Waals surface area contributed by atoms with Gasteiger partial charge in [0.15, 0.2) is 0 Å². The number of rotatable bonds is 8. The van der Waals surface area contributed by atoms with Crippen LogP contribution >= 0.6 is 11.3 Å². The molecule has 1 aliphatic carbocycles. The van der Waals surface area contributed by atoms with Gasteiger partial charge in [-0.15, -0.1) is 11.3 Å². The first-order valence-corrected chi connectivity index (χ1v) is 26.3. The van der Waals surface area contributed by atoms with Gasteiger partial charge in [0.1, 0.15) is 0 Å². The Morgan fingerprint density at radius 2 is 0.824 bits per heavy atom. The zero-order valence-corrected chi connectivity index (χ0v) is 41.2. The Kier molecular flexibility index (Phi) is 9.70. The Labute approximate surface area is 433 Å². The van der Waals surface area contributed by atoms with Crippen LogP contribution < -0.4 is 4.90 Å².